The van der Waals surface area contributed by atoms with Crippen LogP contribution in [0.4, 0.5) is 23.1 Å². The van der Waals surface area contributed by atoms with Crippen molar-refractivity contribution in [3.63, 3.8) is 0 Å². The Balaban J connectivity index is 1.34. The molecule has 0 saturated heterocycles. The molecule has 4 aromatic rings. The number of carbonyl (C=O) groups is 3. The molecule has 2 aromatic heterocycles. The van der Waals surface area contributed by atoms with Gasteiger partial charge in [0, 0.05) is 36.5 Å². The van der Waals surface area contributed by atoms with E-state index >= 15 is 0 Å². The van der Waals surface area contributed by atoms with E-state index in [1.807, 2.05) is 11.9 Å². The SMILES string of the molecule is CN(Cc1cnc2nc(N)nc(N)c2n1)c1ccc(C(=O)NC(CCC(=O)Nc2ccc(O)c(O)c2)C(=O)O)cc1. The van der Waals surface area contributed by atoms with Crippen LogP contribution in [0.25, 0.3) is 11.2 Å². The van der Waals surface area contributed by atoms with E-state index in [0.29, 0.717) is 17.8 Å². The number of phenols is 2. The summed E-state index contributed by atoms with van der Waals surface area (Å²) in [5.74, 6) is -3.07. The van der Waals surface area contributed by atoms with Crippen LogP contribution in [0.3, 0.4) is 0 Å². The zero-order chi connectivity index (χ0) is 29.7. The Morgan fingerprint density at radius 1 is 1.00 bits per heavy atom. The predicted octanol–water partition coefficient (Wildman–Crippen LogP) is 1.23. The minimum Gasteiger partial charge on any atom is -0.504 e. The Bertz CT molecular complexity index is 1610. The number of carboxylic acids is 1. The molecule has 0 saturated carbocycles. The van der Waals surface area contributed by atoms with Crippen molar-refractivity contribution in [1.82, 2.24) is 25.3 Å². The summed E-state index contributed by atoms with van der Waals surface area (Å²) in [6, 6.07) is 8.89. The molecular weight excluding hydrogens is 534 g/mol. The lowest BCUT2D eigenvalue weighted by atomic mass is 10.1. The summed E-state index contributed by atoms with van der Waals surface area (Å²) in [5.41, 5.74) is 13.9. The Hall–Kier alpha value is -5.73. The van der Waals surface area contributed by atoms with Crippen LogP contribution in [-0.2, 0) is 16.1 Å². The molecule has 0 aliphatic heterocycles. The van der Waals surface area contributed by atoms with E-state index in [4.69, 9.17) is 11.5 Å². The Morgan fingerprint density at radius 3 is 2.41 bits per heavy atom. The maximum Gasteiger partial charge on any atom is 0.326 e. The zero-order valence-corrected chi connectivity index (χ0v) is 21.8. The first-order valence-electron chi connectivity index (χ1n) is 12.2. The molecule has 4 rings (SSSR count). The van der Waals surface area contributed by atoms with Crippen molar-refractivity contribution in [3.8, 4) is 11.5 Å². The molecule has 1 unspecified atom stereocenters. The third-order valence-corrected chi connectivity index (χ3v) is 5.99. The van der Waals surface area contributed by atoms with Crippen LogP contribution >= 0.6 is 0 Å². The van der Waals surface area contributed by atoms with Gasteiger partial charge in [0.15, 0.2) is 28.5 Å². The second kappa shape index (κ2) is 12.0. The molecule has 0 aliphatic rings. The topological polar surface area (TPSA) is 243 Å². The highest BCUT2D eigenvalue weighted by Gasteiger charge is 2.22. The van der Waals surface area contributed by atoms with Gasteiger partial charge in [0.2, 0.25) is 11.9 Å². The quantitative estimate of drug-likeness (QED) is 0.107. The summed E-state index contributed by atoms with van der Waals surface area (Å²) < 4.78 is 0. The third-order valence-electron chi connectivity index (χ3n) is 5.99. The monoisotopic (exact) mass is 561 g/mol. The molecule has 2 aromatic carbocycles. The number of carbonyl (C=O) groups excluding carboxylic acids is 2. The van der Waals surface area contributed by atoms with Crippen LogP contribution in [0.1, 0.15) is 28.9 Å². The summed E-state index contributed by atoms with van der Waals surface area (Å²) in [6.07, 6.45) is 1.16. The highest BCUT2D eigenvalue weighted by molar-refractivity contribution is 5.97. The number of nitrogens with one attached hydrogen (secondary N) is 2. The van der Waals surface area contributed by atoms with Gasteiger partial charge in [-0.25, -0.2) is 14.8 Å². The number of aromatic hydroxyl groups is 2. The molecule has 2 heterocycles. The fourth-order valence-corrected chi connectivity index (χ4v) is 3.86. The Kier molecular flexibility index (Phi) is 8.26. The van der Waals surface area contributed by atoms with E-state index in [-0.39, 0.29) is 47.3 Å². The van der Waals surface area contributed by atoms with E-state index < -0.39 is 29.6 Å². The normalized spacial score (nSPS) is 11.5. The molecule has 0 spiro atoms. The smallest absolute Gasteiger partial charge is 0.326 e. The molecule has 212 valence electrons. The highest BCUT2D eigenvalue weighted by Crippen LogP contribution is 2.27. The number of aliphatic carboxylic acids is 1. The standard InChI is InChI=1S/C26H27N9O6/c1-35(12-15-11-29-23-21(31-15)22(27)33-26(28)34-23)16-5-2-13(3-6-16)24(39)32-17(25(40)41)7-9-20(38)30-14-4-8-18(36)19(37)10-14/h2-6,8,10-11,17,36-37H,7,9,12H2,1H3,(H,30,38)(H,32,39)(H,40,41)(H4,27,28,29,33,34). The van der Waals surface area contributed by atoms with Crippen molar-refractivity contribution in [2.75, 3.05) is 28.7 Å². The molecule has 2 amide bonds. The molecule has 9 N–H and O–H groups in total. The lowest BCUT2D eigenvalue weighted by Gasteiger charge is -2.19. The molecule has 41 heavy (non-hydrogen) atoms. The zero-order valence-electron chi connectivity index (χ0n) is 21.8. The van der Waals surface area contributed by atoms with E-state index in [9.17, 15) is 29.7 Å². The molecule has 1 atom stereocenters. The number of benzene rings is 2. The first-order valence-corrected chi connectivity index (χ1v) is 12.2. The second-order valence-corrected chi connectivity index (χ2v) is 9.06. The molecule has 0 aliphatic carbocycles. The number of fused-ring (bicyclic) bond motifs is 1. The average molecular weight is 562 g/mol. The van der Waals surface area contributed by atoms with Crippen molar-refractivity contribution in [2.24, 2.45) is 0 Å². The first-order chi connectivity index (χ1) is 19.5. The van der Waals surface area contributed by atoms with Gasteiger partial charge in [-0.1, -0.05) is 0 Å². The van der Waals surface area contributed by atoms with E-state index in [1.165, 1.54) is 12.1 Å². The summed E-state index contributed by atoms with van der Waals surface area (Å²) in [4.78, 5) is 55.1. The molecule has 15 nitrogen and oxygen atoms in total. The van der Waals surface area contributed by atoms with Crippen LogP contribution in [0.2, 0.25) is 0 Å². The summed E-state index contributed by atoms with van der Waals surface area (Å²) >= 11 is 0. The van der Waals surface area contributed by atoms with E-state index in [1.54, 1.807) is 30.5 Å². The van der Waals surface area contributed by atoms with Gasteiger partial charge < -0.3 is 42.3 Å². The van der Waals surface area contributed by atoms with Gasteiger partial charge in [-0.05, 0) is 42.8 Å². The fraction of sp³-hybridized carbons (Fsp3) is 0.192. The largest absolute Gasteiger partial charge is 0.504 e. The molecular formula is C26H27N9O6. The molecule has 15 heteroatoms. The average Bonchev–Trinajstić information content (AvgIpc) is 2.93. The number of nitrogens with zero attached hydrogens (tertiary/aromatic N) is 5. The second-order valence-electron chi connectivity index (χ2n) is 9.06. The number of rotatable bonds is 10. The number of phenolic OH excluding ortho intramolecular Hbond substituents is 2. The summed E-state index contributed by atoms with van der Waals surface area (Å²) in [6.45, 7) is 0.352. The predicted molar refractivity (Wildman–Crippen MR) is 149 cm³/mol. The Morgan fingerprint density at radius 2 is 1.73 bits per heavy atom. The highest BCUT2D eigenvalue weighted by atomic mass is 16.4. The minimum atomic E-state index is -1.32. The Labute approximate surface area is 232 Å². The van der Waals surface area contributed by atoms with Gasteiger partial charge >= 0.3 is 5.97 Å². The third kappa shape index (κ3) is 7.03. The first kappa shape index (κ1) is 28.3. The summed E-state index contributed by atoms with van der Waals surface area (Å²) in [7, 11) is 1.81. The van der Waals surface area contributed by atoms with Crippen molar-refractivity contribution in [1.29, 1.82) is 0 Å². The number of hydrogen-bond donors (Lipinski definition) is 7. The van der Waals surface area contributed by atoms with Gasteiger partial charge in [0.25, 0.3) is 5.91 Å². The van der Waals surface area contributed by atoms with Gasteiger partial charge in [-0.2, -0.15) is 9.97 Å². The van der Waals surface area contributed by atoms with Crippen LogP contribution in [0.5, 0.6) is 11.5 Å². The van der Waals surface area contributed by atoms with E-state index in [2.05, 4.69) is 30.6 Å². The van der Waals surface area contributed by atoms with Crippen LogP contribution < -0.4 is 27.0 Å². The van der Waals surface area contributed by atoms with Crippen molar-refractivity contribution in [3.05, 3.63) is 59.9 Å². The van der Waals surface area contributed by atoms with Crippen molar-refractivity contribution >= 4 is 52.1 Å². The van der Waals surface area contributed by atoms with E-state index in [0.717, 1.165) is 11.8 Å². The maximum atomic E-state index is 12.7. The van der Waals surface area contributed by atoms with Gasteiger partial charge in [-0.15, -0.1) is 0 Å². The molecule has 0 radical (unpaired) electrons. The van der Waals surface area contributed by atoms with Crippen LogP contribution in [0, 0.1) is 0 Å². The van der Waals surface area contributed by atoms with Crippen molar-refractivity contribution in [2.45, 2.75) is 25.4 Å². The van der Waals surface area contributed by atoms with Crippen LogP contribution in [-0.4, -0.2) is 66.1 Å². The lowest BCUT2D eigenvalue weighted by Crippen LogP contribution is -2.41. The molecule has 0 fully saturated rings. The number of nitrogens with two attached hydrogens (primary N) is 2. The number of carboxylic acid groups (broad SMARTS) is 1. The fourth-order valence-electron chi connectivity index (χ4n) is 3.86. The number of hydrogen-bond acceptors (Lipinski definition) is 12. The number of anilines is 4. The molecule has 0 bridgehead atoms. The van der Waals surface area contributed by atoms with Crippen LogP contribution in [0.15, 0.2) is 48.7 Å². The maximum absolute atomic E-state index is 12.7. The summed E-state index contributed by atoms with van der Waals surface area (Å²) in [5, 5.41) is 33.3. The number of nitrogen functional groups attached to an aromatic ring is 2. The number of amides is 2. The minimum absolute atomic E-state index is 0.00554. The number of aromatic nitrogens is 4. The van der Waals surface area contributed by atoms with Crippen molar-refractivity contribution < 1.29 is 29.7 Å². The van der Waals surface area contributed by atoms with Gasteiger partial charge in [0.1, 0.15) is 6.04 Å². The van der Waals surface area contributed by atoms with Gasteiger partial charge in [0.05, 0.1) is 18.4 Å². The van der Waals surface area contributed by atoms with Gasteiger partial charge in [-0.3, -0.25) is 9.59 Å². The lowest BCUT2D eigenvalue weighted by molar-refractivity contribution is -0.139.